The average Bonchev–Trinajstić information content (AvgIpc) is 2.43. The van der Waals surface area contributed by atoms with Gasteiger partial charge in [-0.15, -0.1) is 12.4 Å². The SMILES string of the molecule is CC[C@H](O)[C@H](N)c1ccc(OC)c(OC)c1OC.Cl. The van der Waals surface area contributed by atoms with E-state index in [9.17, 15) is 5.11 Å². The van der Waals surface area contributed by atoms with E-state index in [1.165, 1.54) is 14.2 Å². The lowest BCUT2D eigenvalue weighted by Gasteiger charge is -2.22. The Bertz CT molecular complexity index is 400. The highest BCUT2D eigenvalue weighted by Gasteiger charge is 2.23. The molecule has 0 saturated heterocycles. The monoisotopic (exact) mass is 291 g/mol. The third-order valence-electron chi connectivity index (χ3n) is 2.93. The Balaban J connectivity index is 0.00000324. The zero-order valence-electron chi connectivity index (χ0n) is 11.7. The van der Waals surface area contributed by atoms with Gasteiger partial charge in [0.1, 0.15) is 0 Å². The van der Waals surface area contributed by atoms with Crippen LogP contribution in [0.5, 0.6) is 17.2 Å². The molecule has 0 bridgehead atoms. The molecule has 1 rings (SSSR count). The minimum Gasteiger partial charge on any atom is -0.493 e. The second-order valence-electron chi connectivity index (χ2n) is 3.92. The molecule has 6 heteroatoms. The van der Waals surface area contributed by atoms with Gasteiger partial charge in [0.2, 0.25) is 5.75 Å². The van der Waals surface area contributed by atoms with Gasteiger partial charge >= 0.3 is 0 Å². The lowest BCUT2D eigenvalue weighted by atomic mass is 9.99. The molecule has 5 nitrogen and oxygen atoms in total. The van der Waals surface area contributed by atoms with Crippen LogP contribution in [0.1, 0.15) is 24.9 Å². The van der Waals surface area contributed by atoms with E-state index in [1.54, 1.807) is 19.2 Å². The van der Waals surface area contributed by atoms with Crippen molar-refractivity contribution in [1.29, 1.82) is 0 Å². The van der Waals surface area contributed by atoms with E-state index in [0.717, 1.165) is 0 Å². The van der Waals surface area contributed by atoms with E-state index in [2.05, 4.69) is 0 Å². The maximum absolute atomic E-state index is 9.84. The van der Waals surface area contributed by atoms with E-state index in [0.29, 0.717) is 29.2 Å². The van der Waals surface area contributed by atoms with Gasteiger partial charge in [0.05, 0.1) is 33.5 Å². The van der Waals surface area contributed by atoms with Crippen molar-refractivity contribution in [2.45, 2.75) is 25.5 Å². The summed E-state index contributed by atoms with van der Waals surface area (Å²) in [5.41, 5.74) is 6.71. The molecule has 0 spiro atoms. The molecule has 0 heterocycles. The van der Waals surface area contributed by atoms with Crippen LogP contribution in [0, 0.1) is 0 Å². The highest BCUT2D eigenvalue weighted by atomic mass is 35.5. The highest BCUT2D eigenvalue weighted by Crippen LogP contribution is 2.42. The maximum Gasteiger partial charge on any atom is 0.203 e. The summed E-state index contributed by atoms with van der Waals surface area (Å²) in [5, 5.41) is 9.84. The summed E-state index contributed by atoms with van der Waals surface area (Å²) in [6, 6.07) is 3.01. The van der Waals surface area contributed by atoms with Crippen molar-refractivity contribution in [1.82, 2.24) is 0 Å². The first-order valence-corrected chi connectivity index (χ1v) is 5.83. The lowest BCUT2D eigenvalue weighted by molar-refractivity contribution is 0.139. The largest absolute Gasteiger partial charge is 0.493 e. The van der Waals surface area contributed by atoms with Crippen LogP contribution >= 0.6 is 12.4 Å². The van der Waals surface area contributed by atoms with Crippen molar-refractivity contribution in [3.63, 3.8) is 0 Å². The maximum atomic E-state index is 9.84. The fourth-order valence-electron chi connectivity index (χ4n) is 1.85. The number of hydrogen-bond donors (Lipinski definition) is 2. The Morgan fingerprint density at radius 3 is 2.11 bits per heavy atom. The average molecular weight is 292 g/mol. The fraction of sp³-hybridized carbons (Fsp3) is 0.538. The first-order chi connectivity index (χ1) is 8.60. The van der Waals surface area contributed by atoms with E-state index >= 15 is 0 Å². The summed E-state index contributed by atoms with van der Waals surface area (Å²) >= 11 is 0. The van der Waals surface area contributed by atoms with Gasteiger partial charge < -0.3 is 25.1 Å². The van der Waals surface area contributed by atoms with Gasteiger partial charge in [0, 0.05) is 5.56 Å². The van der Waals surface area contributed by atoms with Gasteiger partial charge in [-0.1, -0.05) is 6.92 Å². The summed E-state index contributed by atoms with van der Waals surface area (Å²) < 4.78 is 15.8. The minimum absolute atomic E-state index is 0. The molecule has 0 aromatic heterocycles. The first kappa shape index (κ1) is 17.8. The molecular formula is C13H22ClNO4. The van der Waals surface area contributed by atoms with Crippen LogP contribution in [0.15, 0.2) is 12.1 Å². The molecule has 1 aromatic carbocycles. The number of methoxy groups -OCH3 is 3. The van der Waals surface area contributed by atoms with Crippen LogP contribution in [0.2, 0.25) is 0 Å². The molecule has 0 unspecified atom stereocenters. The summed E-state index contributed by atoms with van der Waals surface area (Å²) in [6.45, 7) is 1.87. The lowest BCUT2D eigenvalue weighted by Crippen LogP contribution is -2.26. The zero-order chi connectivity index (χ0) is 13.7. The molecule has 0 fully saturated rings. The standard InChI is InChI=1S/C13H21NO4.ClH/c1-5-9(15)11(14)8-6-7-10(16-2)13(18-4)12(8)17-3;/h6-7,9,11,15H,5,14H2,1-4H3;1H/t9-,11+;/m0./s1. The minimum atomic E-state index is -0.628. The zero-order valence-corrected chi connectivity index (χ0v) is 12.5. The van der Waals surface area contributed by atoms with Crippen LogP contribution in [-0.2, 0) is 0 Å². The number of hydrogen-bond acceptors (Lipinski definition) is 5. The Morgan fingerprint density at radius 2 is 1.68 bits per heavy atom. The predicted molar refractivity (Wildman–Crippen MR) is 76.6 cm³/mol. The summed E-state index contributed by atoms with van der Waals surface area (Å²) in [5.74, 6) is 1.55. The van der Waals surface area contributed by atoms with Crippen molar-refractivity contribution in [2.24, 2.45) is 5.73 Å². The molecule has 3 N–H and O–H groups in total. The van der Waals surface area contributed by atoms with Crippen molar-refractivity contribution >= 4 is 12.4 Å². The second kappa shape index (κ2) is 8.09. The molecule has 0 saturated carbocycles. The van der Waals surface area contributed by atoms with Crippen LogP contribution < -0.4 is 19.9 Å². The smallest absolute Gasteiger partial charge is 0.203 e. The predicted octanol–water partition coefficient (Wildman–Crippen LogP) is 1.90. The highest BCUT2D eigenvalue weighted by molar-refractivity contribution is 5.85. The van der Waals surface area contributed by atoms with E-state index in [-0.39, 0.29) is 12.4 Å². The van der Waals surface area contributed by atoms with Crippen molar-refractivity contribution in [3.8, 4) is 17.2 Å². The number of rotatable bonds is 6. The molecule has 0 aliphatic heterocycles. The molecule has 110 valence electrons. The van der Waals surface area contributed by atoms with E-state index in [4.69, 9.17) is 19.9 Å². The van der Waals surface area contributed by atoms with Crippen molar-refractivity contribution in [3.05, 3.63) is 17.7 Å². The number of halogens is 1. The van der Waals surface area contributed by atoms with Gasteiger partial charge in [-0.3, -0.25) is 0 Å². The Hall–Kier alpha value is -1.17. The fourth-order valence-corrected chi connectivity index (χ4v) is 1.85. The number of aliphatic hydroxyl groups excluding tert-OH is 1. The van der Waals surface area contributed by atoms with Crippen LogP contribution in [0.4, 0.5) is 0 Å². The summed E-state index contributed by atoms with van der Waals surface area (Å²) in [7, 11) is 4.62. The van der Waals surface area contributed by atoms with E-state index in [1.807, 2.05) is 6.92 Å². The quantitative estimate of drug-likeness (QED) is 0.837. The van der Waals surface area contributed by atoms with Crippen molar-refractivity contribution in [2.75, 3.05) is 21.3 Å². The van der Waals surface area contributed by atoms with Crippen LogP contribution in [0.25, 0.3) is 0 Å². The third-order valence-corrected chi connectivity index (χ3v) is 2.93. The summed E-state index contributed by atoms with van der Waals surface area (Å²) in [6.07, 6.45) is -0.0597. The van der Waals surface area contributed by atoms with Crippen LogP contribution in [-0.4, -0.2) is 32.5 Å². The molecule has 0 aliphatic carbocycles. The molecule has 0 amide bonds. The third kappa shape index (κ3) is 3.65. The van der Waals surface area contributed by atoms with Crippen molar-refractivity contribution < 1.29 is 19.3 Å². The number of ether oxygens (including phenoxy) is 3. The van der Waals surface area contributed by atoms with Gasteiger partial charge in [0.25, 0.3) is 0 Å². The molecular weight excluding hydrogens is 270 g/mol. The Kier molecular flexibility index (Phi) is 7.59. The molecule has 1 aromatic rings. The number of benzene rings is 1. The Labute approximate surface area is 120 Å². The normalized spacial score (nSPS) is 13.2. The van der Waals surface area contributed by atoms with E-state index < -0.39 is 12.1 Å². The van der Waals surface area contributed by atoms with Gasteiger partial charge in [-0.05, 0) is 18.6 Å². The number of aliphatic hydroxyl groups is 1. The number of nitrogens with two attached hydrogens (primary N) is 1. The second-order valence-corrected chi connectivity index (χ2v) is 3.92. The van der Waals surface area contributed by atoms with Crippen LogP contribution in [0.3, 0.4) is 0 Å². The van der Waals surface area contributed by atoms with Gasteiger partial charge in [-0.2, -0.15) is 0 Å². The topological polar surface area (TPSA) is 73.9 Å². The molecule has 0 radical (unpaired) electrons. The van der Waals surface area contributed by atoms with Gasteiger partial charge in [-0.25, -0.2) is 0 Å². The Morgan fingerprint density at radius 1 is 1.11 bits per heavy atom. The first-order valence-electron chi connectivity index (χ1n) is 5.83. The van der Waals surface area contributed by atoms with Gasteiger partial charge in [0.15, 0.2) is 11.5 Å². The molecule has 19 heavy (non-hydrogen) atoms. The molecule has 0 aliphatic rings. The summed E-state index contributed by atoms with van der Waals surface area (Å²) in [4.78, 5) is 0. The molecule has 2 atom stereocenters.